The van der Waals surface area contributed by atoms with Crippen LogP contribution in [-0.2, 0) is 4.79 Å². The van der Waals surface area contributed by atoms with Gasteiger partial charge in [0.15, 0.2) is 23.8 Å². The maximum atomic E-state index is 13.9. The Morgan fingerprint density at radius 2 is 1.62 bits per heavy atom. The lowest BCUT2D eigenvalue weighted by molar-refractivity contribution is -0.133. The maximum Gasteiger partial charge on any atom is 0.260 e. The van der Waals surface area contributed by atoms with Crippen LogP contribution in [0.3, 0.4) is 0 Å². The minimum Gasteiger partial charge on any atom is -0.481 e. The van der Waals surface area contributed by atoms with E-state index in [2.05, 4.69) is 28.2 Å². The quantitative estimate of drug-likeness (QED) is 0.280. The molecule has 0 N–H and O–H groups in total. The van der Waals surface area contributed by atoms with E-state index in [9.17, 15) is 9.18 Å². The van der Waals surface area contributed by atoms with E-state index in [-0.39, 0.29) is 18.3 Å². The van der Waals surface area contributed by atoms with Crippen molar-refractivity contribution < 1.29 is 13.9 Å². The zero-order valence-corrected chi connectivity index (χ0v) is 21.8. The first kappa shape index (κ1) is 24.9. The number of fused-ring (bicyclic) bond motifs is 1. The number of rotatable bonds is 6. The third-order valence-electron chi connectivity index (χ3n) is 6.88. The fourth-order valence-electron chi connectivity index (χ4n) is 4.91. The van der Waals surface area contributed by atoms with Gasteiger partial charge in [-0.15, -0.1) is 0 Å². The molecule has 1 aliphatic heterocycles. The molecule has 0 radical (unpaired) electrons. The van der Waals surface area contributed by atoms with Crippen molar-refractivity contribution in [1.82, 2.24) is 19.4 Å². The summed E-state index contributed by atoms with van der Waals surface area (Å²) in [4.78, 5) is 26.1. The molecule has 0 bridgehead atoms. The monoisotopic (exact) mass is 541 g/mol. The highest BCUT2D eigenvalue weighted by Gasteiger charge is 2.26. The topological polar surface area (TPSA) is 63.5 Å². The van der Waals surface area contributed by atoms with Gasteiger partial charge in [0.2, 0.25) is 0 Å². The van der Waals surface area contributed by atoms with Crippen LogP contribution in [0, 0.1) is 5.82 Å². The maximum absolute atomic E-state index is 13.9. The molecule has 3 heterocycles. The molecule has 2 aromatic heterocycles. The number of anilines is 1. The predicted octanol–water partition coefficient (Wildman–Crippen LogP) is 5.61. The van der Waals surface area contributed by atoms with Gasteiger partial charge in [0.25, 0.3) is 5.91 Å². The van der Waals surface area contributed by atoms with Gasteiger partial charge in [0.1, 0.15) is 12.1 Å². The fourth-order valence-corrected chi connectivity index (χ4v) is 5.14. The Morgan fingerprint density at radius 3 is 2.38 bits per heavy atom. The molecule has 7 nitrogen and oxygen atoms in total. The Bertz CT molecular complexity index is 1630. The summed E-state index contributed by atoms with van der Waals surface area (Å²) in [6, 6.07) is 23.9. The Morgan fingerprint density at radius 1 is 0.897 bits per heavy atom. The number of aromatic nitrogens is 3. The van der Waals surface area contributed by atoms with Gasteiger partial charge in [-0.3, -0.25) is 9.36 Å². The average molecular weight is 542 g/mol. The molecule has 39 heavy (non-hydrogen) atoms. The molecule has 6 rings (SSSR count). The van der Waals surface area contributed by atoms with Gasteiger partial charge in [-0.05, 0) is 29.8 Å². The highest BCUT2D eigenvalue weighted by Crippen LogP contribution is 2.38. The Kier molecular flexibility index (Phi) is 6.85. The molecule has 0 saturated carbocycles. The van der Waals surface area contributed by atoms with Crippen LogP contribution in [0.5, 0.6) is 5.75 Å². The summed E-state index contributed by atoms with van der Waals surface area (Å²) in [7, 11) is 0. The first-order valence-corrected chi connectivity index (χ1v) is 13.0. The van der Waals surface area contributed by atoms with Gasteiger partial charge in [-0.2, -0.15) is 0 Å². The van der Waals surface area contributed by atoms with Crippen molar-refractivity contribution in [3.05, 3.63) is 102 Å². The van der Waals surface area contributed by atoms with Gasteiger partial charge in [0.05, 0.1) is 16.1 Å². The average Bonchev–Trinajstić information content (AvgIpc) is 3.37. The third kappa shape index (κ3) is 4.91. The van der Waals surface area contributed by atoms with Gasteiger partial charge >= 0.3 is 0 Å². The van der Waals surface area contributed by atoms with Crippen molar-refractivity contribution >= 4 is 34.4 Å². The molecule has 3 aromatic carbocycles. The SMILES string of the molecule is O=C(COc1ccccc1F)N1CCN(c2ncnc3c2c(-c2ccccc2)cn3-c2ccccc2Cl)CC1. The summed E-state index contributed by atoms with van der Waals surface area (Å²) in [5.41, 5.74) is 3.63. The number of hydrogen-bond acceptors (Lipinski definition) is 5. The molecular formula is C30H25ClFN5O2. The number of carbonyl (C=O) groups is 1. The van der Waals surface area contributed by atoms with E-state index in [4.69, 9.17) is 21.3 Å². The second-order valence-electron chi connectivity index (χ2n) is 9.21. The van der Waals surface area contributed by atoms with E-state index < -0.39 is 5.82 Å². The summed E-state index contributed by atoms with van der Waals surface area (Å²) in [5.74, 6) is 0.213. The normalized spacial score (nSPS) is 13.6. The van der Waals surface area contributed by atoms with Gasteiger partial charge < -0.3 is 14.5 Å². The van der Waals surface area contributed by atoms with Crippen molar-refractivity contribution in [2.24, 2.45) is 0 Å². The molecule has 0 spiro atoms. The first-order chi connectivity index (χ1) is 19.1. The van der Waals surface area contributed by atoms with E-state index in [0.717, 1.165) is 33.7 Å². The first-order valence-electron chi connectivity index (χ1n) is 12.7. The molecule has 9 heteroatoms. The summed E-state index contributed by atoms with van der Waals surface area (Å²) in [6.07, 6.45) is 3.62. The molecule has 1 aliphatic rings. The fraction of sp³-hybridized carbons (Fsp3) is 0.167. The van der Waals surface area contributed by atoms with E-state index in [1.165, 1.54) is 12.1 Å². The minimum absolute atomic E-state index is 0.0735. The number of ether oxygens (including phenoxy) is 1. The van der Waals surface area contributed by atoms with Crippen molar-refractivity contribution in [2.75, 3.05) is 37.7 Å². The Hall–Kier alpha value is -4.43. The summed E-state index contributed by atoms with van der Waals surface area (Å²) in [6.45, 7) is 1.96. The molecule has 0 atom stereocenters. The van der Waals surface area contributed by atoms with Crippen molar-refractivity contribution in [2.45, 2.75) is 0 Å². The number of amides is 1. The molecule has 0 aliphatic carbocycles. The van der Waals surface area contributed by atoms with Crippen LogP contribution in [0.25, 0.3) is 27.8 Å². The van der Waals surface area contributed by atoms with Gasteiger partial charge in [-0.25, -0.2) is 14.4 Å². The molecule has 1 fully saturated rings. The largest absolute Gasteiger partial charge is 0.481 e. The molecule has 5 aromatic rings. The van der Waals surface area contributed by atoms with E-state index in [1.807, 2.05) is 47.0 Å². The van der Waals surface area contributed by atoms with Gasteiger partial charge in [0, 0.05) is 37.9 Å². The zero-order chi connectivity index (χ0) is 26.8. The lowest BCUT2D eigenvalue weighted by Crippen LogP contribution is -2.50. The lowest BCUT2D eigenvalue weighted by Gasteiger charge is -2.35. The van der Waals surface area contributed by atoms with Crippen LogP contribution in [0.15, 0.2) is 91.4 Å². The molecule has 1 amide bonds. The molecule has 0 unspecified atom stereocenters. The van der Waals surface area contributed by atoms with Crippen molar-refractivity contribution in [3.63, 3.8) is 0 Å². The number of carbonyl (C=O) groups excluding carboxylic acids is 1. The summed E-state index contributed by atoms with van der Waals surface area (Å²) < 4.78 is 21.3. The van der Waals surface area contributed by atoms with E-state index >= 15 is 0 Å². The van der Waals surface area contributed by atoms with E-state index in [1.54, 1.807) is 23.4 Å². The summed E-state index contributed by atoms with van der Waals surface area (Å²) in [5, 5.41) is 1.55. The Labute approximate surface area is 230 Å². The van der Waals surface area contributed by atoms with E-state index in [0.29, 0.717) is 31.2 Å². The van der Waals surface area contributed by atoms with Crippen molar-refractivity contribution in [3.8, 4) is 22.6 Å². The van der Waals surface area contributed by atoms with Crippen LogP contribution in [0.4, 0.5) is 10.2 Å². The van der Waals surface area contributed by atoms with Crippen LogP contribution < -0.4 is 9.64 Å². The predicted molar refractivity (Wildman–Crippen MR) is 150 cm³/mol. The highest BCUT2D eigenvalue weighted by atomic mass is 35.5. The zero-order valence-electron chi connectivity index (χ0n) is 21.0. The smallest absolute Gasteiger partial charge is 0.260 e. The second kappa shape index (κ2) is 10.7. The highest BCUT2D eigenvalue weighted by molar-refractivity contribution is 6.32. The Balaban J connectivity index is 1.28. The minimum atomic E-state index is -0.485. The summed E-state index contributed by atoms with van der Waals surface area (Å²) >= 11 is 6.58. The van der Waals surface area contributed by atoms with Gasteiger partial charge in [-0.1, -0.05) is 66.2 Å². The molecule has 1 saturated heterocycles. The third-order valence-corrected chi connectivity index (χ3v) is 7.20. The number of hydrogen-bond donors (Lipinski definition) is 0. The number of nitrogens with zero attached hydrogens (tertiary/aromatic N) is 5. The standard InChI is InChI=1S/C30H25ClFN5O2/c31-23-10-4-6-12-25(23)37-18-22(21-8-2-1-3-9-21)28-29(33-20-34-30(28)37)36-16-14-35(15-17-36)27(38)19-39-26-13-7-5-11-24(26)32/h1-13,18,20H,14-17,19H2. The molecule has 196 valence electrons. The number of para-hydroxylation sites is 2. The van der Waals surface area contributed by atoms with Crippen LogP contribution in [0.1, 0.15) is 0 Å². The molecular weight excluding hydrogens is 517 g/mol. The number of benzene rings is 3. The number of halogens is 2. The van der Waals surface area contributed by atoms with Crippen LogP contribution in [-0.4, -0.2) is 58.1 Å². The van der Waals surface area contributed by atoms with Crippen LogP contribution >= 0.6 is 11.6 Å². The van der Waals surface area contributed by atoms with Crippen molar-refractivity contribution in [1.29, 1.82) is 0 Å². The lowest BCUT2D eigenvalue weighted by atomic mass is 10.1. The van der Waals surface area contributed by atoms with Crippen LogP contribution in [0.2, 0.25) is 5.02 Å². The second-order valence-corrected chi connectivity index (χ2v) is 9.62. The number of piperazine rings is 1.